The molecule has 0 saturated carbocycles. The van der Waals surface area contributed by atoms with E-state index in [2.05, 4.69) is 12.2 Å². The molecule has 3 nitrogen and oxygen atoms in total. The molecule has 3 heteroatoms. The summed E-state index contributed by atoms with van der Waals surface area (Å²) < 4.78 is 5.59. The molecule has 1 rings (SSSR count). The molecule has 0 fully saturated rings. The van der Waals surface area contributed by atoms with E-state index >= 15 is 0 Å². The summed E-state index contributed by atoms with van der Waals surface area (Å²) in [7, 11) is 0. The van der Waals surface area contributed by atoms with Gasteiger partial charge in [0.05, 0.1) is 6.10 Å². The van der Waals surface area contributed by atoms with E-state index in [1.165, 1.54) is 0 Å². The molecule has 0 aliphatic carbocycles. The number of ether oxygens (including phenoxy) is 1. The van der Waals surface area contributed by atoms with E-state index < -0.39 is 0 Å². The third-order valence-electron chi connectivity index (χ3n) is 1.97. The van der Waals surface area contributed by atoms with Crippen molar-refractivity contribution in [2.24, 2.45) is 0 Å². The van der Waals surface area contributed by atoms with Gasteiger partial charge in [-0.3, -0.25) is 5.32 Å². The Balaban J connectivity index is 2.60. The number of nitrogens with zero attached hydrogens (tertiary/aromatic N) is 1. The van der Waals surface area contributed by atoms with Crippen LogP contribution in [-0.4, -0.2) is 6.10 Å². The average molecular weight is 190 g/mol. The first-order chi connectivity index (χ1) is 6.76. The molecule has 0 amide bonds. The smallest absolute Gasteiger partial charge is 0.181 e. The fraction of sp³-hybridized carbons (Fsp3) is 0.364. The molecule has 0 aliphatic heterocycles. The number of rotatable bonds is 4. The second kappa shape index (κ2) is 5.13. The average Bonchev–Trinajstić information content (AvgIpc) is 2.21. The van der Waals surface area contributed by atoms with Crippen LogP contribution in [0.4, 0.5) is 5.69 Å². The molecule has 0 aliphatic rings. The molecule has 74 valence electrons. The maximum Gasteiger partial charge on any atom is 0.181 e. The zero-order chi connectivity index (χ0) is 10.4. The minimum absolute atomic E-state index is 0.227. The largest absolute Gasteiger partial charge is 0.491 e. The first-order valence-electron chi connectivity index (χ1n) is 4.68. The van der Waals surface area contributed by atoms with Gasteiger partial charge in [0, 0.05) is 5.69 Å². The first-order valence-corrected chi connectivity index (χ1v) is 4.68. The number of hydrogen-bond acceptors (Lipinski definition) is 3. The van der Waals surface area contributed by atoms with Crippen LogP contribution in [0.1, 0.15) is 20.3 Å². The fourth-order valence-electron chi connectivity index (χ4n) is 0.997. The van der Waals surface area contributed by atoms with Crippen LogP contribution in [0.2, 0.25) is 0 Å². The highest BCUT2D eigenvalue weighted by molar-refractivity contribution is 5.48. The standard InChI is InChI=1S/C11H14N2O/c1-3-9(2)14-11-6-4-10(5-7-11)13-8-12/h4-7,9,13H,3H2,1-2H3. The van der Waals surface area contributed by atoms with Gasteiger partial charge in [0.1, 0.15) is 5.75 Å². The molecule has 0 spiro atoms. The van der Waals surface area contributed by atoms with Crippen molar-refractivity contribution in [2.45, 2.75) is 26.4 Å². The lowest BCUT2D eigenvalue weighted by molar-refractivity contribution is 0.217. The summed E-state index contributed by atoms with van der Waals surface area (Å²) in [5.41, 5.74) is 0.781. The van der Waals surface area contributed by atoms with Gasteiger partial charge >= 0.3 is 0 Å². The quantitative estimate of drug-likeness (QED) is 0.586. The Morgan fingerprint density at radius 3 is 2.57 bits per heavy atom. The van der Waals surface area contributed by atoms with E-state index in [1.54, 1.807) is 0 Å². The second-order valence-electron chi connectivity index (χ2n) is 3.10. The second-order valence-corrected chi connectivity index (χ2v) is 3.10. The predicted molar refractivity (Wildman–Crippen MR) is 56.1 cm³/mol. The van der Waals surface area contributed by atoms with Crippen molar-refractivity contribution in [3.05, 3.63) is 24.3 Å². The van der Waals surface area contributed by atoms with E-state index in [4.69, 9.17) is 10.00 Å². The molecule has 1 aromatic carbocycles. The summed E-state index contributed by atoms with van der Waals surface area (Å²) in [4.78, 5) is 0. The summed E-state index contributed by atoms with van der Waals surface area (Å²) in [5, 5.41) is 10.9. The topological polar surface area (TPSA) is 45.0 Å². The van der Waals surface area contributed by atoms with Crippen molar-refractivity contribution in [3.8, 4) is 11.9 Å². The van der Waals surface area contributed by atoms with Crippen LogP contribution < -0.4 is 10.1 Å². The van der Waals surface area contributed by atoms with Crippen LogP contribution in [0, 0.1) is 11.5 Å². The van der Waals surface area contributed by atoms with E-state index in [-0.39, 0.29) is 6.10 Å². The molecule has 0 heterocycles. The fourth-order valence-corrected chi connectivity index (χ4v) is 0.997. The zero-order valence-electron chi connectivity index (χ0n) is 8.45. The van der Waals surface area contributed by atoms with Crippen molar-refractivity contribution in [1.82, 2.24) is 0 Å². The zero-order valence-corrected chi connectivity index (χ0v) is 8.45. The highest BCUT2D eigenvalue weighted by Crippen LogP contribution is 2.17. The molecule has 1 N–H and O–H groups in total. The molecule has 0 radical (unpaired) electrons. The van der Waals surface area contributed by atoms with Gasteiger partial charge in [-0.15, -0.1) is 0 Å². The third kappa shape index (κ3) is 2.98. The number of nitriles is 1. The van der Waals surface area contributed by atoms with Gasteiger partial charge in [-0.2, -0.15) is 5.26 Å². The Bertz CT molecular complexity index is 313. The van der Waals surface area contributed by atoms with E-state index in [9.17, 15) is 0 Å². The number of benzene rings is 1. The Morgan fingerprint density at radius 2 is 2.07 bits per heavy atom. The predicted octanol–water partition coefficient (Wildman–Crippen LogP) is 2.76. The molecular weight excluding hydrogens is 176 g/mol. The Labute approximate surface area is 84.3 Å². The molecule has 1 aromatic rings. The van der Waals surface area contributed by atoms with Crippen molar-refractivity contribution >= 4 is 5.69 Å². The van der Waals surface area contributed by atoms with Crippen LogP contribution in [0.5, 0.6) is 5.75 Å². The molecule has 1 atom stereocenters. The third-order valence-corrected chi connectivity index (χ3v) is 1.97. The number of nitrogens with one attached hydrogen (secondary N) is 1. The Kier molecular flexibility index (Phi) is 3.81. The van der Waals surface area contributed by atoms with Gasteiger partial charge in [0.25, 0.3) is 0 Å². The van der Waals surface area contributed by atoms with Gasteiger partial charge in [-0.25, -0.2) is 0 Å². The maximum atomic E-state index is 8.38. The van der Waals surface area contributed by atoms with Gasteiger partial charge in [0.15, 0.2) is 6.19 Å². The van der Waals surface area contributed by atoms with Crippen molar-refractivity contribution < 1.29 is 4.74 Å². The molecule has 0 bridgehead atoms. The van der Waals surface area contributed by atoms with Crippen LogP contribution in [-0.2, 0) is 0 Å². The molecule has 0 aromatic heterocycles. The number of anilines is 1. The van der Waals surface area contributed by atoms with E-state index in [0.29, 0.717) is 0 Å². The molecule has 0 saturated heterocycles. The van der Waals surface area contributed by atoms with Gasteiger partial charge in [0.2, 0.25) is 0 Å². The SMILES string of the molecule is CCC(C)Oc1ccc(NC#N)cc1. The lowest BCUT2D eigenvalue weighted by Crippen LogP contribution is -2.09. The number of hydrogen-bond donors (Lipinski definition) is 1. The Morgan fingerprint density at radius 1 is 1.43 bits per heavy atom. The highest BCUT2D eigenvalue weighted by atomic mass is 16.5. The summed E-state index contributed by atoms with van der Waals surface area (Å²) in [6.07, 6.45) is 3.08. The van der Waals surface area contributed by atoms with Crippen LogP contribution in [0.15, 0.2) is 24.3 Å². The molecule has 14 heavy (non-hydrogen) atoms. The summed E-state index contributed by atoms with van der Waals surface area (Å²) in [5.74, 6) is 0.836. The first kappa shape index (κ1) is 10.4. The van der Waals surface area contributed by atoms with Crippen molar-refractivity contribution in [1.29, 1.82) is 5.26 Å². The monoisotopic (exact) mass is 190 g/mol. The molecular formula is C11H14N2O. The summed E-state index contributed by atoms with van der Waals surface area (Å²) in [6, 6.07) is 7.35. The Hall–Kier alpha value is -1.69. The lowest BCUT2D eigenvalue weighted by Gasteiger charge is -2.12. The molecule has 1 unspecified atom stereocenters. The van der Waals surface area contributed by atoms with Crippen LogP contribution in [0.3, 0.4) is 0 Å². The van der Waals surface area contributed by atoms with Crippen LogP contribution in [0.25, 0.3) is 0 Å². The van der Waals surface area contributed by atoms with Crippen molar-refractivity contribution in [2.75, 3.05) is 5.32 Å². The summed E-state index contributed by atoms with van der Waals surface area (Å²) >= 11 is 0. The lowest BCUT2D eigenvalue weighted by atomic mass is 10.3. The van der Waals surface area contributed by atoms with Gasteiger partial charge in [-0.1, -0.05) is 6.92 Å². The minimum Gasteiger partial charge on any atom is -0.491 e. The van der Waals surface area contributed by atoms with E-state index in [0.717, 1.165) is 17.9 Å². The normalized spacial score (nSPS) is 11.5. The van der Waals surface area contributed by atoms with Crippen molar-refractivity contribution in [3.63, 3.8) is 0 Å². The van der Waals surface area contributed by atoms with Crippen LogP contribution >= 0.6 is 0 Å². The summed E-state index contributed by atoms with van der Waals surface area (Å²) in [6.45, 7) is 4.11. The van der Waals surface area contributed by atoms with Gasteiger partial charge in [-0.05, 0) is 37.6 Å². The van der Waals surface area contributed by atoms with Gasteiger partial charge < -0.3 is 4.74 Å². The van der Waals surface area contributed by atoms with E-state index in [1.807, 2.05) is 37.4 Å². The maximum absolute atomic E-state index is 8.38. The minimum atomic E-state index is 0.227. The highest BCUT2D eigenvalue weighted by Gasteiger charge is 2.00.